The molecule has 0 bridgehead atoms. The van der Waals surface area contributed by atoms with Gasteiger partial charge in [-0.05, 0) is 92.4 Å². The van der Waals surface area contributed by atoms with E-state index in [1.54, 1.807) is 60.7 Å². The van der Waals surface area contributed by atoms with E-state index in [0.717, 1.165) is 11.3 Å². The standard InChI is InChI=1S/C30H36N4O6S/c1-5-39-25-14-10-24(11-15-25)32-29(35)20-40-26-12-8-23(9-13-26)19-31-33-30(36)28(18-21(2)3)34-41(37,38)27-16-6-22(4)7-17-27/h6-17,19,21,28,34H,5,18,20H2,1-4H3,(H,32,35)(H,33,36)/b31-19-/t28-/m0/s1. The number of hydrogen-bond acceptors (Lipinski definition) is 7. The fraction of sp³-hybridized carbons (Fsp3) is 0.300. The first-order valence-electron chi connectivity index (χ1n) is 13.2. The number of rotatable bonds is 14. The number of nitrogens with zero attached hydrogens (tertiary/aromatic N) is 1. The fourth-order valence-corrected chi connectivity index (χ4v) is 4.91. The number of nitrogens with one attached hydrogen (secondary N) is 3. The number of anilines is 1. The van der Waals surface area contributed by atoms with Crippen molar-refractivity contribution in [1.29, 1.82) is 0 Å². The van der Waals surface area contributed by atoms with Gasteiger partial charge in [-0.2, -0.15) is 9.82 Å². The van der Waals surface area contributed by atoms with Crippen LogP contribution in [0, 0.1) is 12.8 Å². The van der Waals surface area contributed by atoms with Crippen LogP contribution in [0.5, 0.6) is 11.5 Å². The van der Waals surface area contributed by atoms with Crippen molar-refractivity contribution in [2.24, 2.45) is 11.0 Å². The molecule has 218 valence electrons. The van der Waals surface area contributed by atoms with Gasteiger partial charge in [-0.3, -0.25) is 9.59 Å². The average Bonchev–Trinajstić information content (AvgIpc) is 2.93. The van der Waals surface area contributed by atoms with Crippen molar-refractivity contribution in [3.05, 3.63) is 83.9 Å². The van der Waals surface area contributed by atoms with Crippen molar-refractivity contribution in [3.63, 3.8) is 0 Å². The summed E-state index contributed by atoms with van der Waals surface area (Å²) >= 11 is 0. The van der Waals surface area contributed by atoms with Gasteiger partial charge in [-0.25, -0.2) is 13.8 Å². The summed E-state index contributed by atoms with van der Waals surface area (Å²) in [5, 5.41) is 6.73. The Hall–Kier alpha value is -4.22. The zero-order chi connectivity index (χ0) is 29.8. The van der Waals surface area contributed by atoms with Gasteiger partial charge >= 0.3 is 0 Å². The van der Waals surface area contributed by atoms with Crippen LogP contribution in [0.1, 0.15) is 38.3 Å². The summed E-state index contributed by atoms with van der Waals surface area (Å²) in [6.45, 7) is 7.95. The van der Waals surface area contributed by atoms with Crippen LogP contribution in [0.25, 0.3) is 0 Å². The minimum atomic E-state index is -3.89. The van der Waals surface area contributed by atoms with Gasteiger partial charge in [0, 0.05) is 5.69 Å². The Morgan fingerprint density at radius 3 is 2.12 bits per heavy atom. The smallest absolute Gasteiger partial charge is 0.262 e. The molecule has 0 saturated heterocycles. The fourth-order valence-electron chi connectivity index (χ4n) is 3.70. The van der Waals surface area contributed by atoms with E-state index in [1.807, 2.05) is 27.7 Å². The zero-order valence-electron chi connectivity index (χ0n) is 23.6. The first-order valence-corrected chi connectivity index (χ1v) is 14.7. The summed E-state index contributed by atoms with van der Waals surface area (Å²) in [6, 6.07) is 19.2. The lowest BCUT2D eigenvalue weighted by Gasteiger charge is -2.19. The monoisotopic (exact) mass is 580 g/mol. The van der Waals surface area contributed by atoms with Crippen molar-refractivity contribution in [2.45, 2.75) is 45.1 Å². The van der Waals surface area contributed by atoms with Crippen LogP contribution in [0.3, 0.4) is 0 Å². The first kappa shape index (κ1) is 31.3. The lowest BCUT2D eigenvalue weighted by atomic mass is 10.0. The second-order valence-corrected chi connectivity index (χ2v) is 11.4. The molecular formula is C30H36N4O6S. The molecule has 41 heavy (non-hydrogen) atoms. The van der Waals surface area contributed by atoms with E-state index in [2.05, 4.69) is 20.6 Å². The highest BCUT2D eigenvalue weighted by atomic mass is 32.2. The number of aryl methyl sites for hydroxylation is 1. The molecule has 0 spiro atoms. The van der Waals surface area contributed by atoms with Crippen LogP contribution >= 0.6 is 0 Å². The molecule has 3 rings (SSSR count). The van der Waals surface area contributed by atoms with Gasteiger partial charge in [0.25, 0.3) is 11.8 Å². The second kappa shape index (κ2) is 15.0. The molecule has 0 radical (unpaired) electrons. The summed E-state index contributed by atoms with van der Waals surface area (Å²) in [7, 11) is -3.89. The molecule has 0 aromatic heterocycles. The van der Waals surface area contributed by atoms with Gasteiger partial charge in [0.05, 0.1) is 17.7 Å². The predicted molar refractivity (Wildman–Crippen MR) is 159 cm³/mol. The van der Waals surface area contributed by atoms with E-state index in [9.17, 15) is 18.0 Å². The number of sulfonamides is 1. The summed E-state index contributed by atoms with van der Waals surface area (Å²) in [6.07, 6.45) is 1.73. The zero-order valence-corrected chi connectivity index (χ0v) is 24.4. The molecule has 11 heteroatoms. The highest BCUT2D eigenvalue weighted by Crippen LogP contribution is 2.17. The van der Waals surface area contributed by atoms with E-state index < -0.39 is 22.0 Å². The summed E-state index contributed by atoms with van der Waals surface area (Å²) in [4.78, 5) is 25.1. The number of benzene rings is 3. The maximum Gasteiger partial charge on any atom is 0.262 e. The van der Waals surface area contributed by atoms with E-state index in [4.69, 9.17) is 9.47 Å². The van der Waals surface area contributed by atoms with Crippen molar-refractivity contribution >= 4 is 33.7 Å². The van der Waals surface area contributed by atoms with E-state index >= 15 is 0 Å². The third-order valence-electron chi connectivity index (χ3n) is 5.74. The van der Waals surface area contributed by atoms with Crippen LogP contribution in [0.15, 0.2) is 82.8 Å². The SMILES string of the molecule is CCOc1ccc(NC(=O)COc2ccc(/C=N\NC(=O)[C@H](CC(C)C)NS(=O)(=O)c3ccc(C)cc3)cc2)cc1. The van der Waals surface area contributed by atoms with Gasteiger partial charge in [-0.15, -0.1) is 0 Å². The number of hydrogen-bond donors (Lipinski definition) is 3. The summed E-state index contributed by atoms with van der Waals surface area (Å²) in [5.41, 5.74) is 4.65. The van der Waals surface area contributed by atoms with Gasteiger partial charge in [-0.1, -0.05) is 31.5 Å². The Morgan fingerprint density at radius 1 is 0.902 bits per heavy atom. The third kappa shape index (κ3) is 10.4. The number of hydrazone groups is 1. The molecule has 0 unspecified atom stereocenters. The van der Waals surface area contributed by atoms with E-state index in [0.29, 0.717) is 30.0 Å². The highest BCUT2D eigenvalue weighted by Gasteiger charge is 2.26. The van der Waals surface area contributed by atoms with Crippen LogP contribution in [-0.4, -0.2) is 45.7 Å². The van der Waals surface area contributed by atoms with Gasteiger partial charge in [0.2, 0.25) is 10.0 Å². The third-order valence-corrected chi connectivity index (χ3v) is 7.23. The Balaban J connectivity index is 1.51. The minimum absolute atomic E-state index is 0.0611. The van der Waals surface area contributed by atoms with Gasteiger partial charge in [0.1, 0.15) is 17.5 Å². The van der Waals surface area contributed by atoms with Gasteiger partial charge < -0.3 is 14.8 Å². The molecule has 10 nitrogen and oxygen atoms in total. The van der Waals surface area contributed by atoms with Crippen molar-refractivity contribution < 1.29 is 27.5 Å². The van der Waals surface area contributed by atoms with Crippen LogP contribution < -0.4 is 24.9 Å². The Labute approximate surface area is 241 Å². The number of amides is 2. The van der Waals surface area contributed by atoms with E-state index in [-0.39, 0.29) is 23.3 Å². The van der Waals surface area contributed by atoms with Crippen LogP contribution in [0.4, 0.5) is 5.69 Å². The van der Waals surface area contributed by atoms with Crippen molar-refractivity contribution in [3.8, 4) is 11.5 Å². The molecule has 0 heterocycles. The van der Waals surface area contributed by atoms with Crippen LogP contribution in [-0.2, 0) is 19.6 Å². The molecule has 3 aromatic carbocycles. The number of ether oxygens (including phenoxy) is 2. The molecule has 0 saturated carbocycles. The largest absolute Gasteiger partial charge is 0.494 e. The second-order valence-electron chi connectivity index (χ2n) is 9.71. The topological polar surface area (TPSA) is 135 Å². The molecular weight excluding hydrogens is 544 g/mol. The maximum absolute atomic E-state index is 12.8. The maximum atomic E-state index is 12.8. The Bertz CT molecular complexity index is 1420. The van der Waals surface area contributed by atoms with Crippen molar-refractivity contribution in [2.75, 3.05) is 18.5 Å². The number of carbonyl (C=O) groups is 2. The Kier molecular flexibility index (Phi) is 11.4. The lowest BCUT2D eigenvalue weighted by Crippen LogP contribution is -2.46. The first-order chi connectivity index (χ1) is 19.6. The Morgan fingerprint density at radius 2 is 1.51 bits per heavy atom. The molecule has 0 fully saturated rings. The molecule has 3 aromatic rings. The highest BCUT2D eigenvalue weighted by molar-refractivity contribution is 7.89. The summed E-state index contributed by atoms with van der Waals surface area (Å²) < 4.78 is 39.1. The normalized spacial score (nSPS) is 12.2. The molecule has 0 aliphatic rings. The lowest BCUT2D eigenvalue weighted by molar-refractivity contribution is -0.123. The molecule has 1 atom stereocenters. The summed E-state index contributed by atoms with van der Waals surface area (Å²) in [5.74, 6) is 0.394. The molecule has 0 aliphatic carbocycles. The quantitative estimate of drug-likeness (QED) is 0.193. The van der Waals surface area contributed by atoms with Crippen LogP contribution in [0.2, 0.25) is 0 Å². The van der Waals surface area contributed by atoms with E-state index in [1.165, 1.54) is 18.3 Å². The van der Waals surface area contributed by atoms with Gasteiger partial charge in [0.15, 0.2) is 6.61 Å². The molecule has 0 aliphatic heterocycles. The number of carbonyl (C=O) groups excluding carboxylic acids is 2. The average molecular weight is 581 g/mol. The molecule has 2 amide bonds. The van der Waals surface area contributed by atoms with Crippen molar-refractivity contribution in [1.82, 2.24) is 10.1 Å². The predicted octanol–water partition coefficient (Wildman–Crippen LogP) is 4.25. The molecule has 3 N–H and O–H groups in total. The minimum Gasteiger partial charge on any atom is -0.494 e.